The maximum atomic E-state index is 12.7. The third kappa shape index (κ3) is 3.36. The Balaban J connectivity index is 1.48. The van der Waals surface area contributed by atoms with Crippen LogP contribution in [0.3, 0.4) is 0 Å². The summed E-state index contributed by atoms with van der Waals surface area (Å²) in [5.74, 6) is 1.25. The van der Waals surface area contributed by atoms with Gasteiger partial charge in [-0.1, -0.05) is 38.1 Å². The fourth-order valence-corrected chi connectivity index (χ4v) is 3.87. The van der Waals surface area contributed by atoms with E-state index in [-0.39, 0.29) is 12.6 Å². The van der Waals surface area contributed by atoms with Crippen LogP contribution in [-0.2, 0) is 5.60 Å². The van der Waals surface area contributed by atoms with Gasteiger partial charge in [-0.05, 0) is 42.7 Å². The smallest absolute Gasteiger partial charge is 0.321 e. The van der Waals surface area contributed by atoms with Crippen LogP contribution < -0.4 is 5.32 Å². The van der Waals surface area contributed by atoms with E-state index in [2.05, 4.69) is 29.1 Å². The number of aryl methyl sites for hydroxylation is 1. The van der Waals surface area contributed by atoms with Crippen molar-refractivity contribution >= 4 is 22.8 Å². The number of imidazole rings is 1. The Morgan fingerprint density at radius 1 is 1.29 bits per heavy atom. The molecular formula is C22H26N4O2. The predicted molar refractivity (Wildman–Crippen MR) is 110 cm³/mol. The molecule has 2 aromatic carbocycles. The highest BCUT2D eigenvalue weighted by molar-refractivity contribution is 5.92. The van der Waals surface area contributed by atoms with E-state index in [1.54, 1.807) is 4.90 Å². The molecule has 28 heavy (non-hydrogen) atoms. The molecule has 1 fully saturated rings. The van der Waals surface area contributed by atoms with E-state index in [0.29, 0.717) is 24.6 Å². The van der Waals surface area contributed by atoms with Crippen LogP contribution in [0.25, 0.3) is 11.0 Å². The Bertz CT molecular complexity index is 1030. The van der Waals surface area contributed by atoms with Crippen LogP contribution in [0.15, 0.2) is 42.5 Å². The summed E-state index contributed by atoms with van der Waals surface area (Å²) in [6, 6.07) is 13.3. The summed E-state index contributed by atoms with van der Waals surface area (Å²) in [4.78, 5) is 22.3. The molecule has 6 nitrogen and oxygen atoms in total. The van der Waals surface area contributed by atoms with E-state index in [1.807, 2.05) is 49.4 Å². The zero-order valence-corrected chi connectivity index (χ0v) is 16.5. The third-order valence-electron chi connectivity index (χ3n) is 5.48. The first kappa shape index (κ1) is 18.5. The summed E-state index contributed by atoms with van der Waals surface area (Å²) in [5, 5.41) is 14.0. The number of aliphatic hydroxyl groups is 1. The first-order chi connectivity index (χ1) is 13.4. The number of fused-ring (bicyclic) bond motifs is 1. The van der Waals surface area contributed by atoms with Gasteiger partial charge in [0.1, 0.15) is 11.4 Å². The molecule has 3 aromatic rings. The number of amides is 2. The number of carbonyl (C=O) groups excluding carboxylic acids is 1. The molecule has 1 aliphatic heterocycles. The quantitative estimate of drug-likeness (QED) is 0.641. The molecule has 1 saturated heterocycles. The zero-order chi connectivity index (χ0) is 19.9. The molecule has 2 amide bonds. The number of urea groups is 1. The van der Waals surface area contributed by atoms with Crippen LogP contribution >= 0.6 is 0 Å². The van der Waals surface area contributed by atoms with Gasteiger partial charge in [0.25, 0.3) is 0 Å². The molecule has 0 radical (unpaired) electrons. The van der Waals surface area contributed by atoms with Gasteiger partial charge in [-0.2, -0.15) is 0 Å². The fraction of sp³-hybridized carbons (Fsp3) is 0.364. The predicted octanol–water partition coefficient (Wildman–Crippen LogP) is 4.12. The van der Waals surface area contributed by atoms with Gasteiger partial charge in [-0.25, -0.2) is 9.78 Å². The van der Waals surface area contributed by atoms with Gasteiger partial charge in [-0.15, -0.1) is 0 Å². The molecule has 3 N–H and O–H groups in total. The van der Waals surface area contributed by atoms with Crippen molar-refractivity contribution in [1.29, 1.82) is 0 Å². The van der Waals surface area contributed by atoms with Crippen molar-refractivity contribution in [2.75, 3.05) is 18.4 Å². The summed E-state index contributed by atoms with van der Waals surface area (Å²) in [5.41, 5.74) is 3.43. The lowest BCUT2D eigenvalue weighted by molar-refractivity contribution is 0.0494. The highest BCUT2D eigenvalue weighted by Crippen LogP contribution is 2.34. The fourth-order valence-electron chi connectivity index (χ4n) is 3.87. The van der Waals surface area contributed by atoms with Crippen LogP contribution in [0.4, 0.5) is 10.5 Å². The second-order valence-corrected chi connectivity index (χ2v) is 7.96. The van der Waals surface area contributed by atoms with E-state index in [1.165, 1.54) is 0 Å². The lowest BCUT2D eigenvalue weighted by atomic mass is 9.89. The van der Waals surface area contributed by atoms with Crippen LogP contribution in [0, 0.1) is 6.92 Å². The SMILES string of the molecule is Cc1ccccc1C1(O)CCN(C(=O)Nc2ccc3nc(C(C)C)[nH]c3c2)C1. The maximum Gasteiger partial charge on any atom is 0.321 e. The van der Waals surface area contributed by atoms with Crippen LogP contribution in [-0.4, -0.2) is 39.1 Å². The van der Waals surface area contributed by atoms with Gasteiger partial charge in [0, 0.05) is 18.2 Å². The number of H-pyrrole nitrogens is 1. The number of rotatable bonds is 3. The second-order valence-electron chi connectivity index (χ2n) is 7.96. The largest absolute Gasteiger partial charge is 0.383 e. The molecule has 4 rings (SSSR count). The minimum Gasteiger partial charge on any atom is -0.383 e. The number of anilines is 1. The summed E-state index contributed by atoms with van der Waals surface area (Å²) >= 11 is 0. The first-order valence-corrected chi connectivity index (χ1v) is 9.70. The highest BCUT2D eigenvalue weighted by atomic mass is 16.3. The number of hydrogen-bond donors (Lipinski definition) is 3. The molecule has 1 unspecified atom stereocenters. The second kappa shape index (κ2) is 6.95. The number of aromatic amines is 1. The van der Waals surface area contributed by atoms with Gasteiger partial charge in [-0.3, -0.25) is 0 Å². The maximum absolute atomic E-state index is 12.7. The standard InChI is InChI=1S/C22H26N4O2/c1-14(2)20-24-18-9-8-16(12-19(18)25-20)23-21(27)26-11-10-22(28,13-26)17-7-5-4-6-15(17)3/h4-9,12,14,28H,10-11,13H2,1-3H3,(H,23,27)(H,24,25). The summed E-state index contributed by atoms with van der Waals surface area (Å²) in [7, 11) is 0. The number of β-amino-alcohol motifs (C(OH)–C–C–N with tert-alkyl or cyclic N) is 1. The van der Waals surface area contributed by atoms with Crippen molar-refractivity contribution in [2.24, 2.45) is 0 Å². The Morgan fingerprint density at radius 3 is 2.82 bits per heavy atom. The van der Waals surface area contributed by atoms with Crippen molar-refractivity contribution < 1.29 is 9.90 Å². The van der Waals surface area contributed by atoms with Crippen LogP contribution in [0.1, 0.15) is 43.1 Å². The van der Waals surface area contributed by atoms with Crippen molar-refractivity contribution in [3.63, 3.8) is 0 Å². The van der Waals surface area contributed by atoms with Crippen molar-refractivity contribution in [1.82, 2.24) is 14.9 Å². The molecular weight excluding hydrogens is 352 g/mol. The normalized spacial score (nSPS) is 19.5. The van der Waals surface area contributed by atoms with Crippen LogP contribution in [0.2, 0.25) is 0 Å². The van der Waals surface area contributed by atoms with Crippen molar-refractivity contribution in [2.45, 2.75) is 38.7 Å². The highest BCUT2D eigenvalue weighted by Gasteiger charge is 2.40. The Labute approximate surface area is 164 Å². The average Bonchev–Trinajstić information content (AvgIpc) is 3.26. The molecule has 2 heterocycles. The molecule has 6 heteroatoms. The van der Waals surface area contributed by atoms with E-state index in [0.717, 1.165) is 28.0 Å². The van der Waals surface area contributed by atoms with E-state index >= 15 is 0 Å². The first-order valence-electron chi connectivity index (χ1n) is 9.70. The molecule has 1 aromatic heterocycles. The molecule has 0 saturated carbocycles. The number of nitrogens with zero attached hydrogens (tertiary/aromatic N) is 2. The lowest BCUT2D eigenvalue weighted by Crippen LogP contribution is -2.37. The monoisotopic (exact) mass is 378 g/mol. The Morgan fingerprint density at radius 2 is 2.07 bits per heavy atom. The average molecular weight is 378 g/mol. The zero-order valence-electron chi connectivity index (χ0n) is 16.5. The number of benzene rings is 2. The number of nitrogens with one attached hydrogen (secondary N) is 2. The number of hydrogen-bond acceptors (Lipinski definition) is 3. The molecule has 0 spiro atoms. The minimum atomic E-state index is -0.998. The molecule has 1 atom stereocenters. The van der Waals surface area contributed by atoms with Crippen LogP contribution in [0.5, 0.6) is 0 Å². The van der Waals surface area contributed by atoms with Crippen molar-refractivity contribution in [3.05, 3.63) is 59.4 Å². The van der Waals surface area contributed by atoms with Gasteiger partial charge >= 0.3 is 6.03 Å². The number of likely N-dealkylation sites (tertiary alicyclic amines) is 1. The molecule has 1 aliphatic rings. The lowest BCUT2D eigenvalue weighted by Gasteiger charge is -2.25. The summed E-state index contributed by atoms with van der Waals surface area (Å²) in [6.45, 7) is 6.96. The van der Waals surface area contributed by atoms with Gasteiger partial charge in [0.2, 0.25) is 0 Å². The van der Waals surface area contributed by atoms with E-state index in [9.17, 15) is 9.90 Å². The number of carbonyl (C=O) groups is 1. The van der Waals surface area contributed by atoms with Gasteiger partial charge in [0.05, 0.1) is 17.6 Å². The Hall–Kier alpha value is -2.86. The summed E-state index contributed by atoms with van der Waals surface area (Å²) < 4.78 is 0. The van der Waals surface area contributed by atoms with Gasteiger partial charge < -0.3 is 20.3 Å². The topological polar surface area (TPSA) is 81.2 Å². The summed E-state index contributed by atoms with van der Waals surface area (Å²) in [6.07, 6.45) is 0.530. The molecule has 0 bridgehead atoms. The van der Waals surface area contributed by atoms with E-state index < -0.39 is 5.60 Å². The number of aromatic nitrogens is 2. The molecule has 0 aliphatic carbocycles. The minimum absolute atomic E-state index is 0.201. The third-order valence-corrected chi connectivity index (χ3v) is 5.48. The van der Waals surface area contributed by atoms with E-state index in [4.69, 9.17) is 0 Å². The Kier molecular flexibility index (Phi) is 4.59. The molecule has 146 valence electrons. The van der Waals surface area contributed by atoms with Crippen molar-refractivity contribution in [3.8, 4) is 0 Å². The van der Waals surface area contributed by atoms with Gasteiger partial charge in [0.15, 0.2) is 0 Å².